The molecule has 1 aliphatic heterocycles. The van der Waals surface area contributed by atoms with Crippen molar-refractivity contribution in [2.75, 3.05) is 20.2 Å². The average molecular weight is 379 g/mol. The van der Waals surface area contributed by atoms with Crippen LogP contribution in [0.5, 0.6) is 0 Å². The fraction of sp³-hybridized carbons (Fsp3) is 0.348. The molecule has 0 unspecified atom stereocenters. The lowest BCUT2D eigenvalue weighted by Gasteiger charge is -2.20. The number of halogens is 1. The van der Waals surface area contributed by atoms with E-state index in [0.717, 1.165) is 55.0 Å². The largest absolute Gasteiger partial charge is 0.377 e. The van der Waals surface area contributed by atoms with Gasteiger partial charge in [0.2, 0.25) is 0 Å². The molecule has 0 saturated carbocycles. The summed E-state index contributed by atoms with van der Waals surface area (Å²) >= 11 is 0. The van der Waals surface area contributed by atoms with Crippen LogP contribution >= 0.6 is 0 Å². The Hall–Kier alpha value is -2.50. The van der Waals surface area contributed by atoms with E-state index in [1.165, 1.54) is 17.7 Å². The second-order valence-electron chi connectivity index (χ2n) is 7.62. The number of hydrogen-bond acceptors (Lipinski definition) is 3. The van der Waals surface area contributed by atoms with Crippen LogP contribution in [0.1, 0.15) is 24.0 Å². The highest BCUT2D eigenvalue weighted by Gasteiger charge is 2.19. The molecule has 1 atom stereocenters. The fourth-order valence-corrected chi connectivity index (χ4v) is 3.70. The SMILES string of the molecule is Cc1ccc(-n2cc(CN(C)C[C@H]3CCCO3)c(-c3ccc(F)cc3)n2)cc1. The molecule has 0 aliphatic carbocycles. The van der Waals surface area contributed by atoms with E-state index in [9.17, 15) is 4.39 Å². The van der Waals surface area contributed by atoms with Gasteiger partial charge >= 0.3 is 0 Å². The molecule has 5 heteroatoms. The van der Waals surface area contributed by atoms with E-state index in [1.54, 1.807) is 12.1 Å². The highest BCUT2D eigenvalue weighted by Crippen LogP contribution is 2.26. The first-order valence-corrected chi connectivity index (χ1v) is 9.80. The molecule has 1 aromatic heterocycles. The maximum absolute atomic E-state index is 13.4. The minimum absolute atomic E-state index is 0.237. The molecule has 0 radical (unpaired) electrons. The van der Waals surface area contributed by atoms with E-state index in [1.807, 2.05) is 4.68 Å². The summed E-state index contributed by atoms with van der Waals surface area (Å²) in [6.45, 7) is 4.60. The van der Waals surface area contributed by atoms with Crippen molar-refractivity contribution in [1.29, 1.82) is 0 Å². The van der Waals surface area contributed by atoms with Crippen LogP contribution in [0.25, 0.3) is 16.9 Å². The summed E-state index contributed by atoms with van der Waals surface area (Å²) in [4.78, 5) is 2.28. The summed E-state index contributed by atoms with van der Waals surface area (Å²) in [6, 6.07) is 14.9. The molecule has 1 aliphatic rings. The number of likely N-dealkylation sites (N-methyl/N-ethyl adjacent to an activating group) is 1. The maximum atomic E-state index is 13.4. The van der Waals surface area contributed by atoms with Crippen molar-refractivity contribution in [3.05, 3.63) is 71.7 Å². The van der Waals surface area contributed by atoms with E-state index in [2.05, 4.69) is 49.3 Å². The molecule has 0 bridgehead atoms. The topological polar surface area (TPSA) is 30.3 Å². The summed E-state index contributed by atoms with van der Waals surface area (Å²) < 4.78 is 21.1. The minimum atomic E-state index is -0.237. The van der Waals surface area contributed by atoms with E-state index in [-0.39, 0.29) is 5.82 Å². The zero-order valence-corrected chi connectivity index (χ0v) is 16.4. The van der Waals surface area contributed by atoms with Crippen LogP contribution in [0.3, 0.4) is 0 Å². The van der Waals surface area contributed by atoms with Crippen LogP contribution in [0.2, 0.25) is 0 Å². The molecule has 1 fully saturated rings. The van der Waals surface area contributed by atoms with Gasteiger partial charge in [-0.05, 0) is 63.2 Å². The third-order valence-electron chi connectivity index (χ3n) is 5.19. The standard InChI is InChI=1S/C23H26FN3O/c1-17-5-11-21(12-6-17)27-15-19(14-26(2)16-22-4-3-13-28-22)23(25-27)18-7-9-20(24)10-8-18/h5-12,15,22H,3-4,13-14,16H2,1-2H3/t22-/m1/s1. The van der Waals surface area contributed by atoms with Gasteiger partial charge in [-0.15, -0.1) is 0 Å². The molecule has 146 valence electrons. The van der Waals surface area contributed by atoms with Crippen LogP contribution in [-0.4, -0.2) is 41.0 Å². The quantitative estimate of drug-likeness (QED) is 0.627. The van der Waals surface area contributed by atoms with Gasteiger partial charge in [0.1, 0.15) is 5.82 Å². The van der Waals surface area contributed by atoms with Crippen molar-refractivity contribution in [2.24, 2.45) is 0 Å². The third-order valence-corrected chi connectivity index (χ3v) is 5.19. The number of ether oxygens (including phenoxy) is 1. The Morgan fingerprint density at radius 2 is 1.89 bits per heavy atom. The Labute approximate surface area is 165 Å². The first-order valence-electron chi connectivity index (χ1n) is 9.80. The zero-order chi connectivity index (χ0) is 19.5. The molecular weight excluding hydrogens is 353 g/mol. The second-order valence-corrected chi connectivity index (χ2v) is 7.62. The van der Waals surface area contributed by atoms with Gasteiger partial charge in [-0.25, -0.2) is 9.07 Å². The van der Waals surface area contributed by atoms with Gasteiger partial charge in [0.25, 0.3) is 0 Å². The summed E-state index contributed by atoms with van der Waals surface area (Å²) in [5, 5.41) is 4.83. The van der Waals surface area contributed by atoms with E-state index in [4.69, 9.17) is 9.84 Å². The van der Waals surface area contributed by atoms with Crippen LogP contribution in [0, 0.1) is 12.7 Å². The Balaban J connectivity index is 1.63. The molecule has 2 aromatic carbocycles. The number of hydrogen-bond donors (Lipinski definition) is 0. The smallest absolute Gasteiger partial charge is 0.123 e. The van der Waals surface area contributed by atoms with Gasteiger partial charge in [0.15, 0.2) is 0 Å². The predicted octanol–water partition coefficient (Wildman–Crippen LogP) is 4.60. The predicted molar refractivity (Wildman–Crippen MR) is 109 cm³/mol. The van der Waals surface area contributed by atoms with Crippen molar-refractivity contribution < 1.29 is 9.13 Å². The maximum Gasteiger partial charge on any atom is 0.123 e. The summed E-state index contributed by atoms with van der Waals surface area (Å²) in [7, 11) is 2.11. The van der Waals surface area contributed by atoms with Crippen LogP contribution < -0.4 is 0 Å². The summed E-state index contributed by atoms with van der Waals surface area (Å²) in [5.41, 5.74) is 5.16. The van der Waals surface area contributed by atoms with Gasteiger partial charge in [-0.3, -0.25) is 4.90 Å². The summed E-state index contributed by atoms with van der Waals surface area (Å²) in [5.74, 6) is -0.237. The minimum Gasteiger partial charge on any atom is -0.377 e. The normalized spacial score (nSPS) is 16.8. The van der Waals surface area contributed by atoms with Crippen molar-refractivity contribution in [3.8, 4) is 16.9 Å². The first-order chi connectivity index (χ1) is 13.6. The second kappa shape index (κ2) is 8.25. The van der Waals surface area contributed by atoms with E-state index < -0.39 is 0 Å². The van der Waals surface area contributed by atoms with Crippen molar-refractivity contribution in [2.45, 2.75) is 32.4 Å². The van der Waals surface area contributed by atoms with E-state index >= 15 is 0 Å². The molecule has 0 amide bonds. The zero-order valence-electron chi connectivity index (χ0n) is 16.4. The Kier molecular flexibility index (Phi) is 5.55. The van der Waals surface area contributed by atoms with Crippen molar-refractivity contribution in [1.82, 2.24) is 14.7 Å². The van der Waals surface area contributed by atoms with Crippen molar-refractivity contribution in [3.63, 3.8) is 0 Å². The lowest BCUT2D eigenvalue weighted by atomic mass is 10.1. The molecule has 0 spiro atoms. The lowest BCUT2D eigenvalue weighted by Crippen LogP contribution is -2.28. The number of benzene rings is 2. The number of rotatable bonds is 6. The lowest BCUT2D eigenvalue weighted by molar-refractivity contribution is 0.0793. The van der Waals surface area contributed by atoms with Gasteiger partial charge in [-0.2, -0.15) is 5.10 Å². The molecule has 4 nitrogen and oxygen atoms in total. The van der Waals surface area contributed by atoms with Crippen molar-refractivity contribution >= 4 is 0 Å². The molecule has 28 heavy (non-hydrogen) atoms. The number of nitrogens with zero attached hydrogens (tertiary/aromatic N) is 3. The number of aryl methyl sites for hydroxylation is 1. The van der Waals surface area contributed by atoms with Crippen LogP contribution in [-0.2, 0) is 11.3 Å². The average Bonchev–Trinajstić information content (AvgIpc) is 3.33. The Morgan fingerprint density at radius 3 is 2.57 bits per heavy atom. The first kappa shape index (κ1) is 18.8. The molecular formula is C23H26FN3O. The Bertz CT molecular complexity index is 912. The van der Waals surface area contributed by atoms with Crippen LogP contribution in [0.4, 0.5) is 4.39 Å². The van der Waals surface area contributed by atoms with Gasteiger partial charge < -0.3 is 4.74 Å². The van der Waals surface area contributed by atoms with E-state index in [0.29, 0.717) is 6.10 Å². The third kappa shape index (κ3) is 4.32. The van der Waals surface area contributed by atoms with Gasteiger partial charge in [0.05, 0.1) is 17.5 Å². The number of aromatic nitrogens is 2. The summed E-state index contributed by atoms with van der Waals surface area (Å²) in [6.07, 6.45) is 4.66. The molecule has 3 aromatic rings. The molecule has 0 N–H and O–H groups in total. The highest BCUT2D eigenvalue weighted by molar-refractivity contribution is 5.63. The fourth-order valence-electron chi connectivity index (χ4n) is 3.70. The highest BCUT2D eigenvalue weighted by atomic mass is 19.1. The van der Waals surface area contributed by atoms with Gasteiger partial charge in [-0.1, -0.05) is 17.7 Å². The Morgan fingerprint density at radius 1 is 1.14 bits per heavy atom. The molecule has 4 rings (SSSR count). The molecule has 2 heterocycles. The monoisotopic (exact) mass is 379 g/mol. The van der Waals surface area contributed by atoms with Crippen LogP contribution in [0.15, 0.2) is 54.7 Å². The van der Waals surface area contributed by atoms with Gasteiger partial charge in [0, 0.05) is 37.0 Å². The molecule has 1 saturated heterocycles.